The van der Waals surface area contributed by atoms with Crippen molar-refractivity contribution < 1.29 is 14.7 Å². The fourth-order valence-electron chi connectivity index (χ4n) is 1.74. The number of aliphatic carboxylic acids is 1. The lowest BCUT2D eigenvalue weighted by molar-refractivity contribution is -0.136. The third-order valence-corrected chi connectivity index (χ3v) is 3.95. The molecule has 112 valence electrons. The smallest absolute Gasteiger partial charge is 0.304 e. The summed E-state index contributed by atoms with van der Waals surface area (Å²) < 4.78 is 0. The monoisotopic (exact) mass is 289 g/mol. The zero-order valence-corrected chi connectivity index (χ0v) is 13.3. The molecule has 0 aromatic heterocycles. The van der Waals surface area contributed by atoms with Crippen LogP contribution in [0, 0.1) is 5.92 Å². The van der Waals surface area contributed by atoms with Crippen molar-refractivity contribution in [3.63, 3.8) is 0 Å². The third kappa shape index (κ3) is 12.1. The highest BCUT2D eigenvalue weighted by Gasteiger charge is 2.12. The second-order valence-corrected chi connectivity index (χ2v) is 6.94. The molecular weight excluding hydrogens is 262 g/mol. The van der Waals surface area contributed by atoms with Crippen molar-refractivity contribution in [1.29, 1.82) is 0 Å². The Morgan fingerprint density at radius 1 is 1.16 bits per heavy atom. The quantitative estimate of drug-likeness (QED) is 0.649. The summed E-state index contributed by atoms with van der Waals surface area (Å²) in [6.45, 7) is 8.25. The van der Waals surface area contributed by atoms with Crippen molar-refractivity contribution in [3.8, 4) is 0 Å². The molecule has 0 rings (SSSR count). The van der Waals surface area contributed by atoms with Crippen molar-refractivity contribution in [1.82, 2.24) is 5.32 Å². The number of nitrogens with one attached hydrogen (secondary N) is 1. The van der Waals surface area contributed by atoms with Crippen LogP contribution in [-0.4, -0.2) is 34.0 Å². The molecule has 1 amide bonds. The van der Waals surface area contributed by atoms with Crippen LogP contribution in [0.15, 0.2) is 0 Å². The van der Waals surface area contributed by atoms with Crippen molar-refractivity contribution in [2.75, 3.05) is 5.75 Å². The predicted molar refractivity (Wildman–Crippen MR) is 80.5 cm³/mol. The second-order valence-electron chi connectivity index (χ2n) is 5.51. The molecule has 0 aliphatic rings. The standard InChI is InChI=1S/C14H27NO3S/c1-10(2)6-5-7-11(3)15-13(16)9-19-12(4)8-14(17)18/h10-12H,5-9H2,1-4H3,(H,15,16)(H,17,18). The fraction of sp³-hybridized carbons (Fsp3) is 0.857. The van der Waals surface area contributed by atoms with Crippen molar-refractivity contribution in [2.24, 2.45) is 5.92 Å². The Balaban J connectivity index is 3.70. The SMILES string of the molecule is CC(C)CCCC(C)NC(=O)CSC(C)CC(=O)O. The zero-order valence-electron chi connectivity index (χ0n) is 12.4. The van der Waals surface area contributed by atoms with Crippen LogP contribution in [0.4, 0.5) is 0 Å². The van der Waals surface area contributed by atoms with E-state index in [1.165, 1.54) is 18.2 Å². The van der Waals surface area contributed by atoms with E-state index in [2.05, 4.69) is 19.2 Å². The lowest BCUT2D eigenvalue weighted by atomic mass is 10.0. The van der Waals surface area contributed by atoms with Crippen LogP contribution in [0.25, 0.3) is 0 Å². The van der Waals surface area contributed by atoms with Crippen LogP contribution in [0.5, 0.6) is 0 Å². The Morgan fingerprint density at radius 2 is 1.79 bits per heavy atom. The van der Waals surface area contributed by atoms with Crippen molar-refractivity contribution >= 4 is 23.6 Å². The summed E-state index contributed by atoms with van der Waals surface area (Å²) in [4.78, 5) is 22.2. The van der Waals surface area contributed by atoms with Gasteiger partial charge in [0.25, 0.3) is 0 Å². The molecule has 4 nitrogen and oxygen atoms in total. The second kappa shape index (κ2) is 10.1. The number of hydrogen-bond donors (Lipinski definition) is 2. The first-order chi connectivity index (χ1) is 8.81. The van der Waals surface area contributed by atoms with E-state index in [0.29, 0.717) is 11.7 Å². The van der Waals surface area contributed by atoms with Gasteiger partial charge < -0.3 is 10.4 Å². The van der Waals surface area contributed by atoms with Crippen LogP contribution in [0.3, 0.4) is 0 Å². The van der Waals surface area contributed by atoms with Crippen molar-refractivity contribution in [3.05, 3.63) is 0 Å². The van der Waals surface area contributed by atoms with E-state index in [1.54, 1.807) is 0 Å². The van der Waals surface area contributed by atoms with Gasteiger partial charge in [-0.1, -0.05) is 33.6 Å². The number of carboxylic acids is 1. The van der Waals surface area contributed by atoms with Gasteiger partial charge in [0.2, 0.25) is 5.91 Å². The highest BCUT2D eigenvalue weighted by atomic mass is 32.2. The lowest BCUT2D eigenvalue weighted by Crippen LogP contribution is -2.34. The van der Waals surface area contributed by atoms with E-state index in [0.717, 1.165) is 12.8 Å². The van der Waals surface area contributed by atoms with Gasteiger partial charge in [0.1, 0.15) is 0 Å². The average Bonchev–Trinajstić information content (AvgIpc) is 2.24. The summed E-state index contributed by atoms with van der Waals surface area (Å²) in [6, 6.07) is 0.196. The van der Waals surface area contributed by atoms with Gasteiger partial charge in [-0.25, -0.2) is 0 Å². The lowest BCUT2D eigenvalue weighted by Gasteiger charge is -2.15. The Labute approximate surface area is 120 Å². The molecule has 2 unspecified atom stereocenters. The average molecular weight is 289 g/mol. The van der Waals surface area contributed by atoms with E-state index in [9.17, 15) is 9.59 Å². The number of carboxylic acid groups (broad SMARTS) is 1. The molecule has 0 heterocycles. The Hall–Kier alpha value is -0.710. The van der Waals surface area contributed by atoms with Gasteiger partial charge in [0.15, 0.2) is 0 Å². The summed E-state index contributed by atoms with van der Waals surface area (Å²) in [6.07, 6.45) is 3.41. The molecule has 0 saturated heterocycles. The normalized spacial score (nSPS) is 14.2. The van der Waals surface area contributed by atoms with E-state index in [4.69, 9.17) is 5.11 Å². The van der Waals surface area contributed by atoms with Crippen molar-refractivity contribution in [2.45, 2.75) is 64.7 Å². The van der Waals surface area contributed by atoms with Gasteiger partial charge in [-0.2, -0.15) is 0 Å². The van der Waals surface area contributed by atoms with Crippen LogP contribution < -0.4 is 5.32 Å². The van der Waals surface area contributed by atoms with Crippen LogP contribution in [0.1, 0.15) is 53.4 Å². The summed E-state index contributed by atoms with van der Waals surface area (Å²) >= 11 is 1.39. The molecule has 0 saturated carbocycles. The van der Waals surface area contributed by atoms with Gasteiger partial charge in [0, 0.05) is 11.3 Å². The fourth-order valence-corrected chi connectivity index (χ4v) is 2.52. The molecule has 0 aromatic carbocycles. The number of hydrogen-bond acceptors (Lipinski definition) is 3. The molecule has 2 N–H and O–H groups in total. The molecule has 5 heteroatoms. The number of carbonyl (C=O) groups excluding carboxylic acids is 1. The first-order valence-corrected chi connectivity index (χ1v) is 7.98. The topological polar surface area (TPSA) is 66.4 Å². The van der Waals surface area contributed by atoms with Crippen LogP contribution >= 0.6 is 11.8 Å². The maximum atomic E-state index is 11.7. The molecule has 0 aromatic rings. The summed E-state index contributed by atoms with van der Waals surface area (Å²) in [5.74, 6) is 0.222. The minimum Gasteiger partial charge on any atom is -0.481 e. The largest absolute Gasteiger partial charge is 0.481 e. The number of rotatable bonds is 10. The molecule has 0 radical (unpaired) electrons. The van der Waals surface area contributed by atoms with Gasteiger partial charge in [0.05, 0.1) is 12.2 Å². The molecule has 19 heavy (non-hydrogen) atoms. The van der Waals surface area contributed by atoms with Crippen LogP contribution in [-0.2, 0) is 9.59 Å². The maximum Gasteiger partial charge on any atom is 0.304 e. The molecule has 0 bridgehead atoms. The molecule has 0 fully saturated rings. The maximum absolute atomic E-state index is 11.7. The predicted octanol–water partition coefficient (Wildman–Crippen LogP) is 2.91. The Kier molecular flexibility index (Phi) is 9.74. The number of amides is 1. The summed E-state index contributed by atoms with van der Waals surface area (Å²) in [5.41, 5.74) is 0. The Bertz CT molecular complexity index is 282. The highest BCUT2D eigenvalue weighted by molar-refractivity contribution is 8.00. The number of thioether (sulfide) groups is 1. The number of carbonyl (C=O) groups is 2. The summed E-state index contributed by atoms with van der Waals surface area (Å²) in [7, 11) is 0. The van der Waals surface area contributed by atoms with Crippen LogP contribution in [0.2, 0.25) is 0 Å². The molecule has 2 atom stereocenters. The third-order valence-electron chi connectivity index (χ3n) is 2.79. The van der Waals surface area contributed by atoms with Gasteiger partial charge in [-0.05, 0) is 19.3 Å². The molecule has 0 spiro atoms. The molecular formula is C14H27NO3S. The molecule has 0 aliphatic carbocycles. The van der Waals surface area contributed by atoms with Gasteiger partial charge in [-0.3, -0.25) is 9.59 Å². The first-order valence-electron chi connectivity index (χ1n) is 6.94. The van der Waals surface area contributed by atoms with Gasteiger partial charge >= 0.3 is 5.97 Å². The van der Waals surface area contributed by atoms with E-state index >= 15 is 0 Å². The summed E-state index contributed by atoms with van der Waals surface area (Å²) in [5, 5.41) is 11.5. The zero-order chi connectivity index (χ0) is 14.8. The minimum atomic E-state index is -0.817. The minimum absolute atomic E-state index is 0.000661. The first kappa shape index (κ1) is 18.3. The highest BCUT2D eigenvalue weighted by Crippen LogP contribution is 2.14. The van der Waals surface area contributed by atoms with E-state index in [-0.39, 0.29) is 23.6 Å². The van der Waals surface area contributed by atoms with E-state index in [1.807, 2.05) is 13.8 Å². The Morgan fingerprint density at radius 3 is 2.32 bits per heavy atom. The molecule has 0 aliphatic heterocycles. The van der Waals surface area contributed by atoms with Gasteiger partial charge in [-0.15, -0.1) is 11.8 Å². The van der Waals surface area contributed by atoms with E-state index < -0.39 is 5.97 Å².